The Hall–Kier alpha value is -3.78. The fourth-order valence-electron chi connectivity index (χ4n) is 4.55. The van der Waals surface area contributed by atoms with Crippen molar-refractivity contribution in [3.8, 4) is 22.8 Å². The van der Waals surface area contributed by atoms with Crippen molar-refractivity contribution in [2.45, 2.75) is 32.5 Å². The van der Waals surface area contributed by atoms with E-state index in [9.17, 15) is 13.6 Å². The van der Waals surface area contributed by atoms with E-state index in [0.29, 0.717) is 35.3 Å². The van der Waals surface area contributed by atoms with E-state index < -0.39 is 11.6 Å². The van der Waals surface area contributed by atoms with E-state index in [4.69, 9.17) is 9.47 Å². The maximum atomic E-state index is 14.0. The highest BCUT2D eigenvalue weighted by molar-refractivity contribution is 5.93. The largest absolute Gasteiger partial charge is 0.490 e. The lowest BCUT2D eigenvalue weighted by atomic mass is 10.0. The summed E-state index contributed by atoms with van der Waals surface area (Å²) in [4.78, 5) is 15.4. The number of piperidine rings is 1. The zero-order valence-electron chi connectivity index (χ0n) is 20.0. The lowest BCUT2D eigenvalue weighted by Gasteiger charge is -2.32. The summed E-state index contributed by atoms with van der Waals surface area (Å²) in [7, 11) is 0. The molecule has 0 aliphatic carbocycles. The smallest absolute Gasteiger partial charge is 0.275 e. The van der Waals surface area contributed by atoms with Crippen LogP contribution in [0.15, 0.2) is 71.5 Å². The predicted molar refractivity (Wildman–Crippen MR) is 134 cm³/mol. The van der Waals surface area contributed by atoms with Crippen molar-refractivity contribution in [1.29, 1.82) is 0 Å². The van der Waals surface area contributed by atoms with Gasteiger partial charge in [-0.25, -0.2) is 13.5 Å². The van der Waals surface area contributed by atoms with Gasteiger partial charge in [0.15, 0.2) is 23.1 Å². The summed E-state index contributed by atoms with van der Waals surface area (Å²) in [6.45, 7) is 4.25. The van der Waals surface area contributed by atoms with Gasteiger partial charge in [0.25, 0.3) is 5.56 Å². The highest BCUT2D eigenvalue weighted by Crippen LogP contribution is 2.30. The first kappa shape index (κ1) is 23.9. The maximum absolute atomic E-state index is 14.0. The molecule has 0 unspecified atom stereocenters. The van der Waals surface area contributed by atoms with E-state index in [1.54, 1.807) is 24.3 Å². The van der Waals surface area contributed by atoms with Crippen molar-refractivity contribution in [3.05, 3.63) is 88.7 Å². The normalized spacial score (nSPS) is 14.8. The number of rotatable bonds is 7. The van der Waals surface area contributed by atoms with Crippen LogP contribution in [-0.4, -0.2) is 40.5 Å². The van der Waals surface area contributed by atoms with Gasteiger partial charge in [0.2, 0.25) is 0 Å². The molecule has 0 radical (unpaired) electrons. The Morgan fingerprint density at radius 1 is 0.917 bits per heavy atom. The lowest BCUT2D eigenvalue weighted by molar-refractivity contribution is 0.0773. The van der Waals surface area contributed by atoms with Gasteiger partial charge >= 0.3 is 0 Å². The fraction of sp³-hybridized carbons (Fsp3) is 0.286. The molecule has 36 heavy (non-hydrogen) atoms. The summed E-state index contributed by atoms with van der Waals surface area (Å²) >= 11 is 0. The quantitative estimate of drug-likeness (QED) is 0.354. The Morgan fingerprint density at radius 3 is 2.33 bits per heavy atom. The van der Waals surface area contributed by atoms with Crippen LogP contribution in [0.4, 0.5) is 8.78 Å². The number of para-hydroxylation sites is 2. The Morgan fingerprint density at radius 2 is 1.61 bits per heavy atom. The maximum Gasteiger partial charge on any atom is 0.275 e. The SMILES string of the molecule is CCOc1ccccc1OC1CCN(Cn2nc(-c3ccc(F)c(F)c3)c3ccccc3c2=O)CC1. The number of fused-ring (bicyclic) bond motifs is 1. The van der Waals surface area contributed by atoms with Gasteiger partial charge < -0.3 is 9.47 Å². The Labute approximate surface area is 207 Å². The number of halogens is 2. The Bertz CT molecular complexity index is 1430. The summed E-state index contributed by atoms with van der Waals surface area (Å²) in [5.41, 5.74) is 0.634. The molecule has 1 aliphatic heterocycles. The summed E-state index contributed by atoms with van der Waals surface area (Å²) in [5, 5.41) is 5.67. The summed E-state index contributed by atoms with van der Waals surface area (Å²) < 4.78 is 40.8. The second-order valence-corrected chi connectivity index (χ2v) is 8.78. The molecule has 1 aliphatic rings. The first-order valence-electron chi connectivity index (χ1n) is 12.1. The van der Waals surface area contributed by atoms with Gasteiger partial charge in [-0.2, -0.15) is 5.10 Å². The van der Waals surface area contributed by atoms with Crippen molar-refractivity contribution < 1.29 is 18.3 Å². The van der Waals surface area contributed by atoms with Gasteiger partial charge in [0.05, 0.1) is 24.4 Å². The summed E-state index contributed by atoms with van der Waals surface area (Å²) in [6, 6.07) is 18.4. The predicted octanol–water partition coefficient (Wildman–Crippen LogP) is 5.24. The molecule has 2 heterocycles. The second-order valence-electron chi connectivity index (χ2n) is 8.78. The molecule has 0 N–H and O–H groups in total. The molecule has 1 aromatic heterocycles. The minimum atomic E-state index is -0.955. The van der Waals surface area contributed by atoms with E-state index in [1.165, 1.54) is 10.7 Å². The van der Waals surface area contributed by atoms with Crippen molar-refractivity contribution >= 4 is 10.8 Å². The fourth-order valence-corrected chi connectivity index (χ4v) is 4.55. The zero-order valence-corrected chi connectivity index (χ0v) is 20.0. The molecule has 0 bridgehead atoms. The van der Waals surface area contributed by atoms with E-state index in [1.807, 2.05) is 31.2 Å². The molecular weight excluding hydrogens is 464 g/mol. The second kappa shape index (κ2) is 10.5. The number of benzene rings is 3. The number of likely N-dealkylation sites (tertiary alicyclic amines) is 1. The third-order valence-corrected chi connectivity index (χ3v) is 6.37. The molecule has 4 aromatic rings. The van der Waals surface area contributed by atoms with E-state index >= 15 is 0 Å². The van der Waals surface area contributed by atoms with Crippen molar-refractivity contribution in [2.75, 3.05) is 19.7 Å². The van der Waals surface area contributed by atoms with Crippen LogP contribution in [0.1, 0.15) is 19.8 Å². The summed E-state index contributed by atoms with van der Waals surface area (Å²) in [6.07, 6.45) is 1.62. The molecule has 3 aromatic carbocycles. The molecule has 6 nitrogen and oxygen atoms in total. The monoisotopic (exact) mass is 491 g/mol. The standard InChI is InChI=1S/C28H27F2N3O3/c1-2-35-25-9-5-6-10-26(25)36-20-13-15-32(16-14-20)18-33-28(34)22-8-4-3-7-21(22)27(31-33)19-11-12-23(29)24(30)17-19/h3-12,17,20H,2,13-16,18H2,1H3. The van der Waals surface area contributed by atoms with Crippen LogP contribution in [0.3, 0.4) is 0 Å². The third kappa shape index (κ3) is 4.95. The highest BCUT2D eigenvalue weighted by Gasteiger charge is 2.23. The van der Waals surface area contributed by atoms with Crippen LogP contribution >= 0.6 is 0 Å². The summed E-state index contributed by atoms with van der Waals surface area (Å²) in [5.74, 6) is -0.407. The molecule has 0 atom stereocenters. The number of aromatic nitrogens is 2. The molecule has 186 valence electrons. The zero-order chi connectivity index (χ0) is 25.1. The van der Waals surface area contributed by atoms with E-state index in [-0.39, 0.29) is 11.7 Å². The van der Waals surface area contributed by atoms with Gasteiger partial charge in [0.1, 0.15) is 6.10 Å². The number of hydrogen-bond donors (Lipinski definition) is 0. The highest BCUT2D eigenvalue weighted by atomic mass is 19.2. The van der Waals surface area contributed by atoms with Gasteiger partial charge in [-0.05, 0) is 56.2 Å². The lowest BCUT2D eigenvalue weighted by Crippen LogP contribution is -2.41. The topological polar surface area (TPSA) is 56.6 Å². The molecule has 0 spiro atoms. The van der Waals surface area contributed by atoms with Gasteiger partial charge in [0, 0.05) is 24.0 Å². The number of nitrogens with zero attached hydrogens (tertiary/aromatic N) is 3. The molecule has 0 amide bonds. The molecule has 1 saturated heterocycles. The average Bonchev–Trinajstić information content (AvgIpc) is 2.90. The van der Waals surface area contributed by atoms with Crippen molar-refractivity contribution in [2.24, 2.45) is 0 Å². The minimum absolute atomic E-state index is 0.0434. The van der Waals surface area contributed by atoms with Crippen molar-refractivity contribution in [3.63, 3.8) is 0 Å². The molecule has 1 fully saturated rings. The van der Waals surface area contributed by atoms with Crippen LogP contribution in [0.5, 0.6) is 11.5 Å². The molecule has 5 rings (SSSR count). The molecular formula is C28H27F2N3O3. The number of hydrogen-bond acceptors (Lipinski definition) is 5. The average molecular weight is 492 g/mol. The van der Waals surface area contributed by atoms with Crippen LogP contribution in [0, 0.1) is 11.6 Å². The van der Waals surface area contributed by atoms with Crippen LogP contribution in [0.2, 0.25) is 0 Å². The van der Waals surface area contributed by atoms with Gasteiger partial charge in [-0.15, -0.1) is 0 Å². The Balaban J connectivity index is 1.35. The first-order chi connectivity index (χ1) is 17.5. The van der Waals surface area contributed by atoms with Crippen LogP contribution in [-0.2, 0) is 6.67 Å². The first-order valence-corrected chi connectivity index (χ1v) is 12.1. The van der Waals surface area contributed by atoms with Gasteiger partial charge in [-0.3, -0.25) is 9.69 Å². The third-order valence-electron chi connectivity index (χ3n) is 6.37. The van der Waals surface area contributed by atoms with Crippen LogP contribution in [0.25, 0.3) is 22.0 Å². The van der Waals surface area contributed by atoms with Gasteiger partial charge in [-0.1, -0.05) is 30.3 Å². The molecule has 0 saturated carbocycles. The Kier molecular flexibility index (Phi) is 6.95. The minimum Gasteiger partial charge on any atom is -0.490 e. The molecule has 8 heteroatoms. The number of ether oxygens (including phenoxy) is 2. The van der Waals surface area contributed by atoms with E-state index in [0.717, 1.165) is 49.6 Å². The van der Waals surface area contributed by atoms with Crippen LogP contribution < -0.4 is 15.0 Å². The van der Waals surface area contributed by atoms with E-state index in [2.05, 4.69) is 10.00 Å². The van der Waals surface area contributed by atoms with Crippen molar-refractivity contribution in [1.82, 2.24) is 14.7 Å².